The number of ketones is 2. The summed E-state index contributed by atoms with van der Waals surface area (Å²) < 4.78 is 29.0. The van der Waals surface area contributed by atoms with Crippen LogP contribution in [0.1, 0.15) is 120 Å². The number of amides is 2. The zero-order chi connectivity index (χ0) is 50.5. The molecule has 2 amide bonds. The summed E-state index contributed by atoms with van der Waals surface area (Å²) in [6, 6.07) is 7.42. The number of benzene rings is 2. The molecule has 5 heterocycles. The summed E-state index contributed by atoms with van der Waals surface area (Å²) in [5.74, 6) is -3.57. The molecule has 374 valence electrons. The fraction of sp³-hybridized carbons (Fsp3) is 0.509. The molecule has 5 fully saturated rings. The van der Waals surface area contributed by atoms with Gasteiger partial charge in [0.2, 0.25) is 11.8 Å². The minimum absolute atomic E-state index is 0.0406. The Morgan fingerprint density at radius 1 is 0.944 bits per heavy atom. The van der Waals surface area contributed by atoms with Crippen LogP contribution in [0.4, 0.5) is 0 Å². The number of rotatable bonds is 13. The lowest BCUT2D eigenvalue weighted by molar-refractivity contribution is -0.182. The van der Waals surface area contributed by atoms with Gasteiger partial charge in [0.1, 0.15) is 23.5 Å². The van der Waals surface area contributed by atoms with Crippen molar-refractivity contribution in [3.63, 3.8) is 0 Å². The van der Waals surface area contributed by atoms with Crippen molar-refractivity contribution in [2.75, 3.05) is 46.4 Å². The van der Waals surface area contributed by atoms with Crippen molar-refractivity contribution in [3.05, 3.63) is 98.7 Å². The van der Waals surface area contributed by atoms with E-state index in [1.165, 1.54) is 5.57 Å². The molecule has 4 aliphatic carbocycles. The van der Waals surface area contributed by atoms with Crippen LogP contribution < -0.4 is 19.5 Å². The SMILES string of the molecule is CC(C)=CCCC1(C)C=Cc2c(c(CC=C(C)C)c3c(c2OC(=O)CC(=O)N2CCN(C)CC2)C2=C4C(C5CC6C(C)(C)OC(C/C=C(/C)C(=O)NCCO)(C5=O)C46O3)C3C(=O)c4ccccc4C3=N2)O1. The number of carbonyl (C=O) groups is 5. The number of Topliss-reactive ketones (excluding diaryl/α,β-unsaturated/α-hetero) is 2. The minimum Gasteiger partial charge on any atom is -0.482 e. The number of ether oxygens (including phenoxy) is 4. The number of aliphatic imine (C=N–C) groups is 1. The number of hydrogen-bond acceptors (Lipinski definition) is 12. The Balaban J connectivity index is 1.25. The number of likely N-dealkylation sites (N-methyl/N-ethyl adjacent to an activating group) is 1. The molecular formula is C57H66N4O10. The van der Waals surface area contributed by atoms with E-state index in [0.29, 0.717) is 107 Å². The van der Waals surface area contributed by atoms with Gasteiger partial charge in [-0.15, -0.1) is 0 Å². The monoisotopic (exact) mass is 966 g/mol. The van der Waals surface area contributed by atoms with E-state index in [1.54, 1.807) is 17.9 Å². The van der Waals surface area contributed by atoms with Crippen molar-refractivity contribution in [3.8, 4) is 17.2 Å². The Bertz CT molecular complexity index is 2870. The van der Waals surface area contributed by atoms with Gasteiger partial charge in [-0.1, -0.05) is 53.6 Å². The lowest BCUT2D eigenvalue weighted by atomic mass is 9.43. The van der Waals surface area contributed by atoms with E-state index in [2.05, 4.69) is 36.2 Å². The Hall–Kier alpha value is -5.96. The quantitative estimate of drug-likeness (QED) is 0.0686. The van der Waals surface area contributed by atoms with E-state index in [4.69, 9.17) is 23.9 Å². The number of carbonyl (C=O) groups excluding carboxylic acids is 5. The highest BCUT2D eigenvalue weighted by molar-refractivity contribution is 6.31. The second-order valence-electron chi connectivity index (χ2n) is 22.0. The van der Waals surface area contributed by atoms with Crippen LogP contribution in [0.5, 0.6) is 17.2 Å². The Labute approximate surface area is 415 Å². The maximum Gasteiger partial charge on any atom is 0.320 e. The number of hydrogen-bond donors (Lipinski definition) is 2. The summed E-state index contributed by atoms with van der Waals surface area (Å²) >= 11 is 0. The van der Waals surface area contributed by atoms with Gasteiger partial charge in [0.15, 0.2) is 28.5 Å². The molecule has 7 unspecified atom stereocenters. The van der Waals surface area contributed by atoms with Gasteiger partial charge in [-0.25, -0.2) is 0 Å². The third kappa shape index (κ3) is 7.60. The van der Waals surface area contributed by atoms with Crippen LogP contribution in [0.15, 0.2) is 75.9 Å². The average Bonchev–Trinajstić information content (AvgIpc) is 3.68. The molecule has 11 rings (SSSR count). The highest BCUT2D eigenvalue weighted by Gasteiger charge is 2.84. The number of fused-ring (bicyclic) bond motifs is 6. The van der Waals surface area contributed by atoms with E-state index >= 15 is 4.79 Å². The molecule has 14 heteroatoms. The maximum absolute atomic E-state index is 16.0. The highest BCUT2D eigenvalue weighted by Crippen LogP contribution is 2.74. The predicted octanol–water partition coefficient (Wildman–Crippen LogP) is 7.16. The smallest absolute Gasteiger partial charge is 0.320 e. The molecule has 2 aromatic rings. The van der Waals surface area contributed by atoms with Crippen LogP contribution in [0.25, 0.3) is 11.8 Å². The summed E-state index contributed by atoms with van der Waals surface area (Å²) in [7, 11) is 2.00. The zero-order valence-electron chi connectivity index (χ0n) is 42.5. The van der Waals surface area contributed by atoms with Crippen molar-refractivity contribution in [2.24, 2.45) is 28.7 Å². The zero-order valence-corrected chi connectivity index (χ0v) is 42.5. The largest absolute Gasteiger partial charge is 0.482 e. The molecule has 7 atom stereocenters. The second kappa shape index (κ2) is 17.7. The third-order valence-corrected chi connectivity index (χ3v) is 16.3. The summed E-state index contributed by atoms with van der Waals surface area (Å²) in [5.41, 5.74) is 1.90. The van der Waals surface area contributed by atoms with Gasteiger partial charge in [0.25, 0.3) is 0 Å². The maximum atomic E-state index is 16.0. The summed E-state index contributed by atoms with van der Waals surface area (Å²) in [6.45, 7) is 18.0. The number of aliphatic hydroxyl groups excluding tert-OH is 1. The van der Waals surface area contributed by atoms with Crippen molar-refractivity contribution in [1.82, 2.24) is 15.1 Å². The molecule has 14 nitrogen and oxygen atoms in total. The lowest BCUT2D eigenvalue weighted by Gasteiger charge is -2.62. The topological polar surface area (TPSA) is 173 Å². The summed E-state index contributed by atoms with van der Waals surface area (Å²) in [6.07, 6.45) is 11.4. The van der Waals surface area contributed by atoms with Crippen LogP contribution in [-0.2, 0) is 30.3 Å². The average molecular weight is 967 g/mol. The van der Waals surface area contributed by atoms with Crippen LogP contribution in [0.2, 0.25) is 0 Å². The second-order valence-corrected chi connectivity index (χ2v) is 22.0. The van der Waals surface area contributed by atoms with E-state index < -0.39 is 64.4 Å². The van der Waals surface area contributed by atoms with Crippen molar-refractivity contribution in [1.29, 1.82) is 0 Å². The van der Waals surface area contributed by atoms with Gasteiger partial charge >= 0.3 is 5.97 Å². The van der Waals surface area contributed by atoms with Crippen LogP contribution >= 0.6 is 0 Å². The number of esters is 1. The van der Waals surface area contributed by atoms with Crippen molar-refractivity contribution < 1.29 is 48.0 Å². The lowest BCUT2D eigenvalue weighted by Crippen LogP contribution is -2.75. The van der Waals surface area contributed by atoms with Gasteiger partial charge in [0.05, 0.1) is 40.7 Å². The molecule has 2 aromatic carbocycles. The molecule has 71 heavy (non-hydrogen) atoms. The van der Waals surface area contributed by atoms with E-state index in [1.807, 2.05) is 78.1 Å². The first-order valence-electron chi connectivity index (χ1n) is 25.3. The van der Waals surface area contributed by atoms with E-state index in [0.717, 1.165) is 12.0 Å². The molecule has 3 saturated carbocycles. The number of piperazine rings is 1. The number of aliphatic hydroxyl groups is 1. The van der Waals surface area contributed by atoms with Gasteiger partial charge in [-0.05, 0) is 100 Å². The summed E-state index contributed by atoms with van der Waals surface area (Å²) in [4.78, 5) is 82.1. The molecular weight excluding hydrogens is 901 g/mol. The highest BCUT2D eigenvalue weighted by atomic mass is 16.6. The third-order valence-electron chi connectivity index (χ3n) is 16.3. The molecule has 2 N–H and O–H groups in total. The molecule has 0 radical (unpaired) electrons. The molecule has 5 aliphatic heterocycles. The molecule has 1 spiro atoms. The molecule has 9 aliphatic rings. The Morgan fingerprint density at radius 3 is 2.37 bits per heavy atom. The van der Waals surface area contributed by atoms with Crippen molar-refractivity contribution in [2.45, 2.75) is 116 Å². The van der Waals surface area contributed by atoms with Gasteiger partial charge in [-0.2, -0.15) is 0 Å². The number of allylic oxidation sites excluding steroid dienone is 4. The van der Waals surface area contributed by atoms with E-state index in [9.17, 15) is 24.3 Å². The first-order chi connectivity index (χ1) is 33.8. The van der Waals surface area contributed by atoms with Gasteiger partial charge in [0, 0.05) is 84.7 Å². The molecule has 0 aromatic heterocycles. The minimum atomic E-state index is -1.70. The van der Waals surface area contributed by atoms with E-state index in [-0.39, 0.29) is 42.8 Å². The fourth-order valence-corrected chi connectivity index (χ4v) is 12.9. The number of nitrogens with zero attached hydrogens (tertiary/aromatic N) is 3. The molecule has 4 bridgehead atoms. The van der Waals surface area contributed by atoms with Crippen LogP contribution in [0, 0.1) is 23.7 Å². The predicted molar refractivity (Wildman–Crippen MR) is 268 cm³/mol. The van der Waals surface area contributed by atoms with Gasteiger partial charge in [-0.3, -0.25) is 29.0 Å². The Morgan fingerprint density at radius 2 is 1.66 bits per heavy atom. The summed E-state index contributed by atoms with van der Waals surface area (Å²) in [5, 5.41) is 12.2. The first kappa shape index (κ1) is 48.7. The standard InChI is InChI=1S/C57H66N4O10/c1-31(2)13-12-20-55(8)21-19-37-49(69-55)36(17-16-32(3)4)51-44(50(37)68-41(64)30-40(63)61-26-24-60(9)25-27-61)47-45-42(43-46(59-47)34-14-10-11-15-35(34)48(43)65)38-29-39-54(6,7)71-56(52(38)66,57(39,45)70-51)22-18-33(5)53(67)58-23-28-62/h10-11,13-16,18-19,21,38-39,42-43,62H,12,17,20,22-30H2,1-9H3,(H,58,67)/b33-18-. The molecule has 2 saturated heterocycles. The number of nitrogens with one attached hydrogen (secondary N) is 1. The van der Waals surface area contributed by atoms with Crippen LogP contribution in [-0.4, -0.2) is 119 Å². The first-order valence-corrected chi connectivity index (χ1v) is 25.3. The normalized spacial score (nSPS) is 29.2. The fourth-order valence-electron chi connectivity index (χ4n) is 12.9. The van der Waals surface area contributed by atoms with Crippen molar-refractivity contribution >= 4 is 46.8 Å². The van der Waals surface area contributed by atoms with Gasteiger partial charge < -0.3 is 39.2 Å². The van der Waals surface area contributed by atoms with Crippen LogP contribution in [0.3, 0.4) is 0 Å². The Kier molecular flexibility index (Phi) is 12.1.